The predicted molar refractivity (Wildman–Crippen MR) is 106 cm³/mol. The molecular weight excluding hydrogens is 342 g/mol. The van der Waals surface area contributed by atoms with Gasteiger partial charge in [0.2, 0.25) is 5.91 Å². The Morgan fingerprint density at radius 1 is 1.00 bits per heavy atom. The molecule has 2 rings (SSSR count). The van der Waals surface area contributed by atoms with Gasteiger partial charge in [0.05, 0.1) is 18.8 Å². The van der Waals surface area contributed by atoms with E-state index in [0.717, 1.165) is 24.2 Å². The number of aryl methyl sites for hydroxylation is 1. The van der Waals surface area contributed by atoms with E-state index in [9.17, 15) is 9.59 Å². The van der Waals surface area contributed by atoms with Gasteiger partial charge in [0.1, 0.15) is 5.75 Å². The highest BCUT2D eigenvalue weighted by atomic mass is 16.5. The molecule has 1 N–H and O–H groups in total. The fourth-order valence-corrected chi connectivity index (χ4v) is 2.43. The standard InChI is InChI=1S/C22H27NO4/c1-3-4-14-27-22(25)18-10-12-19(13-11-18)23-21(24)9-6-15-26-20-8-5-7-17(2)16-20/h5,7-8,10-13,16H,3-4,6,9,14-15H2,1-2H3,(H,23,24). The summed E-state index contributed by atoms with van der Waals surface area (Å²) in [6.45, 7) is 4.97. The first-order chi connectivity index (χ1) is 13.1. The molecule has 0 saturated heterocycles. The van der Waals surface area contributed by atoms with Crippen LogP contribution in [0.25, 0.3) is 0 Å². The summed E-state index contributed by atoms with van der Waals surface area (Å²) in [4.78, 5) is 23.9. The molecule has 5 nitrogen and oxygen atoms in total. The van der Waals surface area contributed by atoms with Gasteiger partial charge in [0, 0.05) is 12.1 Å². The number of carbonyl (C=O) groups is 2. The molecule has 2 aromatic carbocycles. The van der Waals surface area contributed by atoms with Gasteiger partial charge in [-0.1, -0.05) is 25.5 Å². The molecule has 0 heterocycles. The number of ether oxygens (including phenoxy) is 2. The Morgan fingerprint density at radius 2 is 1.78 bits per heavy atom. The van der Waals surface area contributed by atoms with E-state index in [-0.39, 0.29) is 11.9 Å². The first-order valence-corrected chi connectivity index (χ1v) is 9.35. The lowest BCUT2D eigenvalue weighted by molar-refractivity contribution is -0.116. The number of carbonyl (C=O) groups excluding carboxylic acids is 2. The van der Waals surface area contributed by atoms with Crippen LogP contribution in [0.5, 0.6) is 5.75 Å². The van der Waals surface area contributed by atoms with Crippen LogP contribution in [-0.2, 0) is 9.53 Å². The maximum Gasteiger partial charge on any atom is 0.338 e. The summed E-state index contributed by atoms with van der Waals surface area (Å²) in [6, 6.07) is 14.6. The van der Waals surface area contributed by atoms with Crippen molar-refractivity contribution in [2.75, 3.05) is 18.5 Å². The third-order valence-corrected chi connectivity index (χ3v) is 3.94. The fraction of sp³-hybridized carbons (Fsp3) is 0.364. The van der Waals surface area contributed by atoms with Crippen molar-refractivity contribution in [3.05, 3.63) is 59.7 Å². The minimum atomic E-state index is -0.338. The molecule has 0 aliphatic rings. The van der Waals surface area contributed by atoms with Gasteiger partial charge < -0.3 is 14.8 Å². The summed E-state index contributed by atoms with van der Waals surface area (Å²) in [5.74, 6) is 0.396. The third kappa shape index (κ3) is 7.52. The van der Waals surface area contributed by atoms with E-state index in [1.807, 2.05) is 38.1 Å². The zero-order chi connectivity index (χ0) is 19.5. The second-order valence-corrected chi connectivity index (χ2v) is 6.38. The highest BCUT2D eigenvalue weighted by Gasteiger charge is 2.08. The predicted octanol–water partition coefficient (Wildman–Crippen LogP) is 4.75. The molecule has 0 radical (unpaired) electrons. The molecule has 2 aromatic rings. The van der Waals surface area contributed by atoms with E-state index in [0.29, 0.717) is 37.3 Å². The van der Waals surface area contributed by atoms with Crippen molar-refractivity contribution in [3.8, 4) is 5.75 Å². The van der Waals surface area contributed by atoms with Crippen LogP contribution in [0.3, 0.4) is 0 Å². The minimum absolute atomic E-state index is 0.0823. The molecule has 0 aromatic heterocycles. The zero-order valence-electron chi connectivity index (χ0n) is 16.0. The SMILES string of the molecule is CCCCOC(=O)c1ccc(NC(=O)CCCOc2cccc(C)c2)cc1. The third-order valence-electron chi connectivity index (χ3n) is 3.94. The Bertz CT molecular complexity index is 740. The molecule has 27 heavy (non-hydrogen) atoms. The highest BCUT2D eigenvalue weighted by molar-refractivity contribution is 5.93. The van der Waals surface area contributed by atoms with E-state index in [2.05, 4.69) is 5.32 Å². The zero-order valence-corrected chi connectivity index (χ0v) is 16.0. The van der Waals surface area contributed by atoms with Gasteiger partial charge in [0.25, 0.3) is 0 Å². The van der Waals surface area contributed by atoms with Crippen molar-refractivity contribution >= 4 is 17.6 Å². The monoisotopic (exact) mass is 369 g/mol. The number of nitrogens with one attached hydrogen (secondary N) is 1. The Hall–Kier alpha value is -2.82. The molecule has 0 saturated carbocycles. The van der Waals surface area contributed by atoms with Crippen LogP contribution in [0.1, 0.15) is 48.5 Å². The van der Waals surface area contributed by atoms with Crippen LogP contribution in [-0.4, -0.2) is 25.1 Å². The average molecular weight is 369 g/mol. The minimum Gasteiger partial charge on any atom is -0.494 e. The van der Waals surface area contributed by atoms with Gasteiger partial charge in [-0.3, -0.25) is 4.79 Å². The Balaban J connectivity index is 1.70. The number of benzene rings is 2. The fourth-order valence-electron chi connectivity index (χ4n) is 2.43. The Morgan fingerprint density at radius 3 is 2.48 bits per heavy atom. The molecular formula is C22H27NO4. The van der Waals surface area contributed by atoms with Crippen molar-refractivity contribution < 1.29 is 19.1 Å². The van der Waals surface area contributed by atoms with Gasteiger partial charge >= 0.3 is 5.97 Å². The number of unbranched alkanes of at least 4 members (excludes halogenated alkanes) is 1. The van der Waals surface area contributed by atoms with E-state index in [1.165, 1.54) is 0 Å². The molecule has 0 unspecified atom stereocenters. The van der Waals surface area contributed by atoms with E-state index >= 15 is 0 Å². The average Bonchev–Trinajstić information content (AvgIpc) is 2.66. The number of anilines is 1. The normalized spacial score (nSPS) is 10.3. The molecule has 0 aliphatic heterocycles. The summed E-state index contributed by atoms with van der Waals surface area (Å²) in [5.41, 5.74) is 2.28. The summed E-state index contributed by atoms with van der Waals surface area (Å²) in [6.07, 6.45) is 2.83. The van der Waals surface area contributed by atoms with Crippen LogP contribution in [0, 0.1) is 6.92 Å². The van der Waals surface area contributed by atoms with Gasteiger partial charge in [-0.15, -0.1) is 0 Å². The summed E-state index contributed by atoms with van der Waals surface area (Å²) >= 11 is 0. The lowest BCUT2D eigenvalue weighted by Crippen LogP contribution is -2.13. The van der Waals surface area contributed by atoms with Crippen LogP contribution in [0.2, 0.25) is 0 Å². The van der Waals surface area contributed by atoms with E-state index in [4.69, 9.17) is 9.47 Å². The molecule has 0 aliphatic carbocycles. The second kappa shape index (κ2) is 11.0. The lowest BCUT2D eigenvalue weighted by Gasteiger charge is -2.08. The van der Waals surface area contributed by atoms with Crippen molar-refractivity contribution in [2.24, 2.45) is 0 Å². The molecule has 0 bridgehead atoms. The largest absolute Gasteiger partial charge is 0.494 e. The van der Waals surface area contributed by atoms with Crippen LogP contribution in [0.4, 0.5) is 5.69 Å². The smallest absolute Gasteiger partial charge is 0.338 e. The molecule has 144 valence electrons. The maximum atomic E-state index is 12.0. The van der Waals surface area contributed by atoms with Crippen molar-refractivity contribution in [2.45, 2.75) is 39.5 Å². The van der Waals surface area contributed by atoms with Gasteiger partial charge in [0.15, 0.2) is 0 Å². The van der Waals surface area contributed by atoms with Crippen LogP contribution in [0.15, 0.2) is 48.5 Å². The van der Waals surface area contributed by atoms with Crippen molar-refractivity contribution in [1.82, 2.24) is 0 Å². The summed E-state index contributed by atoms with van der Waals surface area (Å²) < 4.78 is 10.8. The topological polar surface area (TPSA) is 64.6 Å². The quantitative estimate of drug-likeness (QED) is 0.485. The first-order valence-electron chi connectivity index (χ1n) is 9.35. The summed E-state index contributed by atoms with van der Waals surface area (Å²) in [7, 11) is 0. The van der Waals surface area contributed by atoms with Crippen LogP contribution >= 0.6 is 0 Å². The van der Waals surface area contributed by atoms with Gasteiger partial charge in [-0.2, -0.15) is 0 Å². The van der Waals surface area contributed by atoms with E-state index in [1.54, 1.807) is 24.3 Å². The Labute approximate surface area is 160 Å². The molecule has 5 heteroatoms. The number of rotatable bonds is 10. The first kappa shape index (κ1) is 20.5. The highest BCUT2D eigenvalue weighted by Crippen LogP contribution is 2.14. The van der Waals surface area contributed by atoms with Gasteiger partial charge in [-0.05, 0) is 61.7 Å². The van der Waals surface area contributed by atoms with E-state index < -0.39 is 0 Å². The molecule has 0 spiro atoms. The second-order valence-electron chi connectivity index (χ2n) is 6.38. The van der Waals surface area contributed by atoms with Gasteiger partial charge in [-0.25, -0.2) is 4.79 Å². The molecule has 1 amide bonds. The summed E-state index contributed by atoms with van der Waals surface area (Å²) in [5, 5.41) is 2.82. The van der Waals surface area contributed by atoms with Crippen molar-refractivity contribution in [3.63, 3.8) is 0 Å². The number of hydrogen-bond acceptors (Lipinski definition) is 4. The number of esters is 1. The molecule has 0 atom stereocenters. The number of hydrogen-bond donors (Lipinski definition) is 1. The number of amides is 1. The maximum absolute atomic E-state index is 12.0. The lowest BCUT2D eigenvalue weighted by atomic mass is 10.2. The van der Waals surface area contributed by atoms with Crippen LogP contribution < -0.4 is 10.1 Å². The van der Waals surface area contributed by atoms with Crippen molar-refractivity contribution in [1.29, 1.82) is 0 Å². The Kier molecular flexibility index (Phi) is 8.36. The molecule has 0 fully saturated rings.